The molecule has 1 heterocycles. The minimum atomic E-state index is -1.19. The molecule has 76 heavy (non-hydrogen) atoms. The lowest BCUT2D eigenvalue weighted by atomic mass is 10.0. The lowest BCUT2D eigenvalue weighted by Gasteiger charge is -2.36. The number of rotatable bonds is 24. The second-order valence-corrected chi connectivity index (χ2v) is 18.5. The lowest BCUT2D eigenvalue weighted by molar-refractivity contribution is -0.150. The van der Waals surface area contributed by atoms with Crippen LogP contribution in [-0.2, 0) is 54.1 Å². The molecule has 0 spiro atoms. The molecule has 5 rings (SSSR count). The molecule has 1 N–H and O–H groups in total. The van der Waals surface area contributed by atoms with Crippen LogP contribution < -0.4 is 19.5 Å². The van der Waals surface area contributed by atoms with E-state index in [9.17, 15) is 28.8 Å². The maximum atomic E-state index is 15.0. The standard InChI is InChI=1S/C57H76N6O13/c1-41(2)75-31-29-60-39-55(67)63(44(5)46-20-24-49(72-8)25-21-46)40-56(68)62(43(4)45-18-22-48(71-7)23-19-45)36-52(64)58-42(3)57(69)61(27-26-47-14-12-13-17-51(47)76-50-15-10-9-11-16-50)38-54(66)59(37-53(60)65)28-30-73-34-35-74-33-32-70-6/h9-25,41-44H,26-40H2,1-8H3,(H,58,64)/t42-,43+,44+/m1/s1. The van der Waals surface area contributed by atoms with E-state index in [-0.39, 0.29) is 58.6 Å². The fourth-order valence-electron chi connectivity index (χ4n) is 8.37. The molecule has 19 nitrogen and oxygen atoms in total. The van der Waals surface area contributed by atoms with E-state index in [2.05, 4.69) is 5.32 Å². The molecule has 1 saturated heterocycles. The van der Waals surface area contributed by atoms with Gasteiger partial charge in [0.25, 0.3) is 0 Å². The number of hydrogen-bond acceptors (Lipinski definition) is 13. The quantitative estimate of drug-likeness (QED) is 0.0887. The first-order chi connectivity index (χ1) is 36.6. The van der Waals surface area contributed by atoms with Crippen LogP contribution in [0.3, 0.4) is 0 Å². The molecule has 1 aliphatic heterocycles. The summed E-state index contributed by atoms with van der Waals surface area (Å²) in [6, 6.07) is 28.1. The molecule has 0 unspecified atom stereocenters. The number of hydrogen-bond donors (Lipinski definition) is 1. The Balaban J connectivity index is 1.56. The molecule has 1 aliphatic rings. The number of benzene rings is 4. The van der Waals surface area contributed by atoms with Crippen molar-refractivity contribution in [3.8, 4) is 23.0 Å². The highest BCUT2D eigenvalue weighted by molar-refractivity contribution is 5.95. The van der Waals surface area contributed by atoms with E-state index in [0.29, 0.717) is 47.3 Å². The first-order valence-electron chi connectivity index (χ1n) is 25.7. The number of nitrogens with one attached hydrogen (secondary N) is 1. The minimum Gasteiger partial charge on any atom is -0.497 e. The fourth-order valence-corrected chi connectivity index (χ4v) is 8.37. The minimum absolute atomic E-state index is 0.00550. The van der Waals surface area contributed by atoms with Crippen LogP contribution in [0.25, 0.3) is 0 Å². The molecule has 6 amide bonds. The van der Waals surface area contributed by atoms with Crippen molar-refractivity contribution in [1.29, 1.82) is 0 Å². The monoisotopic (exact) mass is 1050 g/mol. The Bertz CT molecular complexity index is 2460. The molecule has 412 valence electrons. The topological polar surface area (TPSA) is 195 Å². The smallest absolute Gasteiger partial charge is 0.245 e. The first kappa shape index (κ1) is 59.8. The summed E-state index contributed by atoms with van der Waals surface area (Å²) >= 11 is 0. The van der Waals surface area contributed by atoms with Crippen LogP contribution in [0.15, 0.2) is 103 Å². The summed E-state index contributed by atoms with van der Waals surface area (Å²) in [6.07, 6.45) is 0.0370. The van der Waals surface area contributed by atoms with Crippen molar-refractivity contribution in [2.24, 2.45) is 0 Å². The van der Waals surface area contributed by atoms with Crippen molar-refractivity contribution in [3.63, 3.8) is 0 Å². The molecule has 4 aromatic carbocycles. The van der Waals surface area contributed by atoms with Crippen molar-refractivity contribution >= 4 is 35.4 Å². The number of methoxy groups -OCH3 is 3. The molecule has 0 bridgehead atoms. The summed E-state index contributed by atoms with van der Waals surface area (Å²) in [5, 5.41) is 2.80. The first-order valence-corrected chi connectivity index (χ1v) is 25.7. The van der Waals surface area contributed by atoms with Crippen LogP contribution in [-0.4, -0.2) is 185 Å². The van der Waals surface area contributed by atoms with Gasteiger partial charge in [-0.15, -0.1) is 0 Å². The maximum Gasteiger partial charge on any atom is 0.245 e. The van der Waals surface area contributed by atoms with Crippen LogP contribution in [0, 0.1) is 0 Å². The van der Waals surface area contributed by atoms with Gasteiger partial charge in [-0.25, -0.2) is 0 Å². The average molecular weight is 1050 g/mol. The van der Waals surface area contributed by atoms with Gasteiger partial charge in [0.1, 0.15) is 42.1 Å². The lowest BCUT2D eigenvalue weighted by Crippen LogP contribution is -2.55. The zero-order chi connectivity index (χ0) is 55.0. The summed E-state index contributed by atoms with van der Waals surface area (Å²) in [5.74, 6) is -1.23. The Morgan fingerprint density at radius 1 is 0.513 bits per heavy atom. The molecule has 4 aromatic rings. The van der Waals surface area contributed by atoms with Gasteiger partial charge >= 0.3 is 0 Å². The van der Waals surface area contributed by atoms with Crippen molar-refractivity contribution in [1.82, 2.24) is 29.8 Å². The average Bonchev–Trinajstić information content (AvgIpc) is 3.42. The van der Waals surface area contributed by atoms with Crippen molar-refractivity contribution in [2.45, 2.75) is 65.3 Å². The van der Waals surface area contributed by atoms with Gasteiger partial charge in [-0.05, 0) is 100 Å². The number of carbonyl (C=O) groups is 6. The Kier molecular flexibility index (Phi) is 24.5. The third kappa shape index (κ3) is 18.6. The van der Waals surface area contributed by atoms with E-state index >= 15 is 0 Å². The molecule has 0 radical (unpaired) electrons. The van der Waals surface area contributed by atoms with Crippen LogP contribution >= 0.6 is 0 Å². The summed E-state index contributed by atoms with van der Waals surface area (Å²) in [7, 11) is 4.65. The number of ether oxygens (including phenoxy) is 7. The van der Waals surface area contributed by atoms with E-state index in [1.54, 1.807) is 76.6 Å². The third-order valence-electron chi connectivity index (χ3n) is 12.9. The number of para-hydroxylation sites is 2. The van der Waals surface area contributed by atoms with Crippen LogP contribution in [0.1, 0.15) is 63.4 Å². The molecule has 19 heteroatoms. The summed E-state index contributed by atoms with van der Waals surface area (Å²) < 4.78 is 39.4. The molecular formula is C57H76N6O13. The molecular weight excluding hydrogens is 977 g/mol. The van der Waals surface area contributed by atoms with E-state index in [0.717, 1.165) is 5.56 Å². The summed E-state index contributed by atoms with van der Waals surface area (Å²) in [5.41, 5.74) is 2.09. The van der Waals surface area contributed by atoms with Gasteiger partial charge in [0.2, 0.25) is 35.4 Å². The Morgan fingerprint density at radius 2 is 1.01 bits per heavy atom. The van der Waals surface area contributed by atoms with Gasteiger partial charge in [0, 0.05) is 26.7 Å². The second kappa shape index (κ2) is 31.1. The maximum absolute atomic E-state index is 15.0. The predicted molar refractivity (Wildman–Crippen MR) is 285 cm³/mol. The molecule has 0 aliphatic carbocycles. The molecule has 3 atom stereocenters. The van der Waals surface area contributed by atoms with Gasteiger partial charge in [0.05, 0.1) is 91.7 Å². The van der Waals surface area contributed by atoms with Crippen LogP contribution in [0.4, 0.5) is 0 Å². The third-order valence-corrected chi connectivity index (χ3v) is 12.9. The summed E-state index contributed by atoms with van der Waals surface area (Å²) in [6.45, 7) is 7.46. The number of amides is 6. The number of carbonyl (C=O) groups excluding carboxylic acids is 6. The van der Waals surface area contributed by atoms with Crippen LogP contribution in [0.2, 0.25) is 0 Å². The fraction of sp³-hybridized carbons (Fsp3) is 0.474. The van der Waals surface area contributed by atoms with Crippen LogP contribution in [0.5, 0.6) is 23.0 Å². The molecule has 0 saturated carbocycles. The Morgan fingerprint density at radius 3 is 1.59 bits per heavy atom. The van der Waals surface area contributed by atoms with E-state index < -0.39 is 86.3 Å². The van der Waals surface area contributed by atoms with Crippen molar-refractivity contribution in [2.75, 3.05) is 113 Å². The largest absolute Gasteiger partial charge is 0.497 e. The van der Waals surface area contributed by atoms with Crippen molar-refractivity contribution in [3.05, 3.63) is 120 Å². The zero-order valence-electron chi connectivity index (χ0n) is 45.3. The molecule has 1 fully saturated rings. The highest BCUT2D eigenvalue weighted by atomic mass is 16.5. The number of nitrogens with zero attached hydrogens (tertiary/aromatic N) is 5. The van der Waals surface area contributed by atoms with Gasteiger partial charge in [-0.3, -0.25) is 28.8 Å². The molecule has 0 aromatic heterocycles. The highest BCUT2D eigenvalue weighted by Crippen LogP contribution is 2.28. The highest BCUT2D eigenvalue weighted by Gasteiger charge is 2.34. The second-order valence-electron chi connectivity index (χ2n) is 18.5. The van der Waals surface area contributed by atoms with Gasteiger partial charge in [0.15, 0.2) is 0 Å². The van der Waals surface area contributed by atoms with Crippen molar-refractivity contribution < 1.29 is 61.9 Å². The van der Waals surface area contributed by atoms with Gasteiger partial charge in [-0.2, -0.15) is 0 Å². The normalized spacial score (nSPS) is 16.6. The van der Waals surface area contributed by atoms with Gasteiger partial charge < -0.3 is 63.0 Å². The zero-order valence-corrected chi connectivity index (χ0v) is 45.3. The Hall–Kier alpha value is -7.06. The van der Waals surface area contributed by atoms with Gasteiger partial charge in [-0.1, -0.05) is 60.7 Å². The SMILES string of the molecule is COCCOCCOCCN1CC(=O)N(CCOC(C)C)CC(=O)N([C@@H](C)c2ccc(OC)cc2)CC(=O)N([C@@H](C)c2ccc(OC)cc2)CC(=O)N[C@H](C)C(=O)N(CCc2ccccc2Oc2ccccc2)CC1=O. The summed E-state index contributed by atoms with van der Waals surface area (Å²) in [4.78, 5) is 95.3. The Labute approximate surface area is 447 Å². The van der Waals surface area contributed by atoms with E-state index in [4.69, 9.17) is 33.2 Å². The van der Waals surface area contributed by atoms with E-state index in [1.807, 2.05) is 68.4 Å². The predicted octanol–water partition coefficient (Wildman–Crippen LogP) is 5.33. The van der Waals surface area contributed by atoms with E-state index in [1.165, 1.54) is 38.5 Å².